The molecule has 1 aromatic carbocycles. The highest BCUT2D eigenvalue weighted by Gasteiger charge is 2.17. The van der Waals surface area contributed by atoms with Gasteiger partial charge < -0.3 is 8.98 Å². The van der Waals surface area contributed by atoms with Crippen LogP contribution in [-0.2, 0) is 13.0 Å². The predicted molar refractivity (Wildman–Crippen MR) is 97.0 cm³/mol. The summed E-state index contributed by atoms with van der Waals surface area (Å²) >= 11 is 6.32. The van der Waals surface area contributed by atoms with E-state index in [4.69, 9.17) is 22.6 Å². The topological polar surface area (TPSA) is 74.0 Å². The average molecular weight is 365 g/mol. The molecule has 0 radical (unpaired) electrons. The Labute approximate surface area is 154 Å². The molecule has 0 saturated carbocycles. The van der Waals surface area contributed by atoms with Crippen molar-refractivity contribution in [3.05, 3.63) is 64.7 Å². The Morgan fingerprint density at radius 2 is 2.12 bits per heavy atom. The minimum Gasteiger partial charge on any atom is -0.417 e. The quantitative estimate of drug-likeness (QED) is 0.505. The van der Waals surface area contributed by atoms with E-state index in [1.54, 1.807) is 12.3 Å². The third kappa shape index (κ3) is 2.70. The first kappa shape index (κ1) is 16.2. The van der Waals surface area contributed by atoms with Crippen LogP contribution in [0.25, 0.3) is 27.5 Å². The molecule has 3 aromatic heterocycles. The van der Waals surface area contributed by atoms with Crippen LogP contribution in [0.2, 0.25) is 5.02 Å². The predicted octanol–water partition coefficient (Wildman–Crippen LogP) is 4.30. The number of imidazole rings is 1. The summed E-state index contributed by atoms with van der Waals surface area (Å²) in [6.45, 7) is 9.57. The van der Waals surface area contributed by atoms with Crippen molar-refractivity contribution in [1.82, 2.24) is 24.7 Å². The molecule has 0 aliphatic rings. The molecule has 3 heterocycles. The molecule has 8 heteroatoms. The molecular formula is C18H13ClN6O. The van der Waals surface area contributed by atoms with E-state index in [1.165, 1.54) is 0 Å². The molecule has 7 nitrogen and oxygen atoms in total. The van der Waals surface area contributed by atoms with Gasteiger partial charge in [0.05, 0.1) is 22.6 Å². The number of aryl methyl sites for hydroxylation is 1. The Hall–Kier alpha value is -3.24. The smallest absolute Gasteiger partial charge is 0.266 e. The number of aromatic nitrogens is 5. The second-order valence-electron chi connectivity index (χ2n) is 5.56. The largest absolute Gasteiger partial charge is 0.417 e. The number of pyridine rings is 1. The Balaban J connectivity index is 1.75. The minimum absolute atomic E-state index is 0.366. The van der Waals surface area contributed by atoms with Crippen LogP contribution >= 0.6 is 11.6 Å². The van der Waals surface area contributed by atoms with Gasteiger partial charge in [-0.1, -0.05) is 30.7 Å². The van der Waals surface area contributed by atoms with E-state index in [2.05, 4.69) is 25.0 Å². The molecule has 26 heavy (non-hydrogen) atoms. The fraction of sp³-hybridized carbons (Fsp3) is 0.167. The van der Waals surface area contributed by atoms with E-state index >= 15 is 0 Å². The van der Waals surface area contributed by atoms with Crippen molar-refractivity contribution in [3.8, 4) is 11.6 Å². The molecule has 0 unspecified atom stereocenters. The summed E-state index contributed by atoms with van der Waals surface area (Å²) in [4.78, 5) is 12.2. The van der Waals surface area contributed by atoms with Crippen LogP contribution in [0, 0.1) is 6.57 Å². The maximum Gasteiger partial charge on any atom is 0.266 e. The second-order valence-corrected chi connectivity index (χ2v) is 5.94. The highest BCUT2D eigenvalue weighted by atomic mass is 35.5. The van der Waals surface area contributed by atoms with Crippen molar-refractivity contribution in [2.75, 3.05) is 0 Å². The number of benzene rings is 1. The first-order valence-corrected chi connectivity index (χ1v) is 8.38. The second kappa shape index (κ2) is 6.58. The average Bonchev–Trinajstić information content (AvgIpc) is 3.29. The van der Waals surface area contributed by atoms with Crippen molar-refractivity contribution in [3.63, 3.8) is 0 Å². The van der Waals surface area contributed by atoms with E-state index in [0.29, 0.717) is 46.7 Å². The Morgan fingerprint density at radius 1 is 1.23 bits per heavy atom. The molecule has 4 aromatic rings. The summed E-state index contributed by atoms with van der Waals surface area (Å²) in [5, 5.41) is 8.55. The van der Waals surface area contributed by atoms with Crippen molar-refractivity contribution in [2.24, 2.45) is 0 Å². The molecule has 0 aliphatic carbocycles. The van der Waals surface area contributed by atoms with Crippen LogP contribution in [0.1, 0.15) is 18.6 Å². The zero-order chi connectivity index (χ0) is 18.1. The molecule has 0 fully saturated rings. The van der Waals surface area contributed by atoms with Gasteiger partial charge in [0.1, 0.15) is 18.1 Å². The molecule has 0 bridgehead atoms. The van der Waals surface area contributed by atoms with Crippen LogP contribution in [0.15, 0.2) is 40.9 Å². The standard InChI is InChI=1S/C18H13ClN6O/c1-3-14-22-17-13(8-7-11(20-2)16(17)19)25(14)10-15-23-24-18(26-15)12-6-4-5-9-21-12/h4-9H,3,10H2,1H3. The van der Waals surface area contributed by atoms with Crippen LogP contribution < -0.4 is 0 Å². The molecule has 0 atom stereocenters. The number of halogens is 1. The van der Waals surface area contributed by atoms with E-state index in [-0.39, 0.29) is 0 Å². The SMILES string of the molecule is [C-]#[N+]c1ccc2c(nc(CC)n2Cc2nnc(-c3ccccn3)o2)c1Cl. The van der Waals surface area contributed by atoms with Gasteiger partial charge in [-0.05, 0) is 18.2 Å². The maximum atomic E-state index is 7.20. The third-order valence-corrected chi connectivity index (χ3v) is 4.37. The fourth-order valence-corrected chi connectivity index (χ4v) is 3.02. The minimum atomic E-state index is 0.366. The summed E-state index contributed by atoms with van der Waals surface area (Å²) in [5.41, 5.74) is 2.46. The molecule has 0 saturated heterocycles. The van der Waals surface area contributed by atoms with Crippen molar-refractivity contribution in [1.29, 1.82) is 0 Å². The Bertz CT molecular complexity index is 1130. The van der Waals surface area contributed by atoms with Gasteiger partial charge in [0.15, 0.2) is 0 Å². The van der Waals surface area contributed by atoms with Gasteiger partial charge >= 0.3 is 0 Å². The Kier molecular flexibility index (Phi) is 4.11. The Morgan fingerprint density at radius 3 is 2.85 bits per heavy atom. The zero-order valence-electron chi connectivity index (χ0n) is 13.8. The highest BCUT2D eigenvalue weighted by Crippen LogP contribution is 2.33. The van der Waals surface area contributed by atoms with E-state index in [9.17, 15) is 0 Å². The summed E-state index contributed by atoms with van der Waals surface area (Å²) in [6.07, 6.45) is 2.38. The number of fused-ring (bicyclic) bond motifs is 1. The number of hydrogen-bond acceptors (Lipinski definition) is 5. The lowest BCUT2D eigenvalue weighted by Gasteiger charge is -2.05. The van der Waals surface area contributed by atoms with Gasteiger partial charge in [-0.3, -0.25) is 4.98 Å². The van der Waals surface area contributed by atoms with E-state index < -0.39 is 0 Å². The molecule has 128 valence electrons. The fourth-order valence-electron chi connectivity index (χ4n) is 2.77. The highest BCUT2D eigenvalue weighted by molar-refractivity contribution is 6.37. The summed E-state index contributed by atoms with van der Waals surface area (Å²) < 4.78 is 7.73. The van der Waals surface area contributed by atoms with Gasteiger partial charge in [-0.15, -0.1) is 10.2 Å². The van der Waals surface area contributed by atoms with Gasteiger partial charge in [-0.25, -0.2) is 9.83 Å². The van der Waals surface area contributed by atoms with Crippen LogP contribution in [0.5, 0.6) is 0 Å². The monoisotopic (exact) mass is 364 g/mol. The zero-order valence-corrected chi connectivity index (χ0v) is 14.6. The summed E-state index contributed by atoms with van der Waals surface area (Å²) in [6, 6.07) is 9.04. The maximum absolute atomic E-state index is 7.20. The van der Waals surface area contributed by atoms with Crippen molar-refractivity contribution >= 4 is 28.3 Å². The molecule has 0 amide bonds. The van der Waals surface area contributed by atoms with Gasteiger partial charge in [-0.2, -0.15) is 0 Å². The normalized spacial score (nSPS) is 11.0. The number of nitrogens with zero attached hydrogens (tertiary/aromatic N) is 6. The lowest BCUT2D eigenvalue weighted by Crippen LogP contribution is -2.04. The van der Waals surface area contributed by atoms with Crippen molar-refractivity contribution < 1.29 is 4.42 Å². The van der Waals surface area contributed by atoms with Gasteiger partial charge in [0.25, 0.3) is 5.89 Å². The van der Waals surface area contributed by atoms with Crippen LogP contribution in [0.3, 0.4) is 0 Å². The summed E-state index contributed by atoms with van der Waals surface area (Å²) in [5.74, 6) is 1.66. The lowest BCUT2D eigenvalue weighted by molar-refractivity contribution is 0.486. The first-order valence-electron chi connectivity index (χ1n) is 8.00. The molecular weight excluding hydrogens is 352 g/mol. The molecule has 4 rings (SSSR count). The third-order valence-electron chi connectivity index (χ3n) is 4.00. The van der Waals surface area contributed by atoms with Crippen molar-refractivity contribution in [2.45, 2.75) is 19.9 Å². The van der Waals surface area contributed by atoms with Gasteiger partial charge in [0.2, 0.25) is 11.6 Å². The number of hydrogen-bond donors (Lipinski definition) is 0. The summed E-state index contributed by atoms with van der Waals surface area (Å²) in [7, 11) is 0. The van der Waals surface area contributed by atoms with Crippen LogP contribution in [-0.4, -0.2) is 24.7 Å². The molecule has 0 spiro atoms. The molecule has 0 aliphatic heterocycles. The first-order chi connectivity index (χ1) is 12.7. The lowest BCUT2D eigenvalue weighted by atomic mass is 10.2. The van der Waals surface area contributed by atoms with E-state index in [1.807, 2.05) is 35.8 Å². The van der Waals surface area contributed by atoms with Crippen LogP contribution in [0.4, 0.5) is 5.69 Å². The molecule has 0 N–H and O–H groups in total. The van der Waals surface area contributed by atoms with E-state index in [0.717, 1.165) is 11.3 Å². The van der Waals surface area contributed by atoms with Gasteiger partial charge in [0, 0.05) is 12.6 Å². The number of rotatable bonds is 4.